The van der Waals surface area contributed by atoms with Crippen LogP contribution in [0.2, 0.25) is 4.34 Å². The van der Waals surface area contributed by atoms with E-state index in [-0.39, 0.29) is 4.21 Å². The Kier molecular flexibility index (Phi) is 4.80. The first-order valence-corrected chi connectivity index (χ1v) is 10.2. The molecule has 1 fully saturated rings. The number of benzene rings is 1. The van der Waals surface area contributed by atoms with Crippen molar-refractivity contribution >= 4 is 54.6 Å². The number of thiophene rings is 1. The molecule has 0 aliphatic carbocycles. The van der Waals surface area contributed by atoms with Crippen molar-refractivity contribution in [3.63, 3.8) is 0 Å². The molecule has 2 aromatic rings. The Morgan fingerprint density at radius 3 is 2.27 bits per heavy atom. The summed E-state index contributed by atoms with van der Waals surface area (Å²) in [5.74, 6) is 0. The molecular formula is C14H14BrClN2O2S2. The van der Waals surface area contributed by atoms with Crippen LogP contribution in [0.3, 0.4) is 0 Å². The molecule has 1 saturated heterocycles. The van der Waals surface area contributed by atoms with Gasteiger partial charge in [-0.25, -0.2) is 8.42 Å². The molecule has 0 saturated carbocycles. The summed E-state index contributed by atoms with van der Waals surface area (Å²) < 4.78 is 28.2. The van der Waals surface area contributed by atoms with E-state index in [1.165, 1.54) is 4.31 Å². The summed E-state index contributed by atoms with van der Waals surface area (Å²) in [6.07, 6.45) is 0. The molecule has 3 rings (SSSR count). The second-order valence-corrected chi connectivity index (χ2v) is 9.59. The average molecular weight is 422 g/mol. The second-order valence-electron chi connectivity index (χ2n) is 4.91. The first-order chi connectivity index (χ1) is 10.5. The van der Waals surface area contributed by atoms with Crippen molar-refractivity contribution in [1.82, 2.24) is 4.31 Å². The molecule has 118 valence electrons. The van der Waals surface area contributed by atoms with E-state index in [0.717, 1.165) is 17.0 Å². The molecule has 1 aliphatic rings. The Labute approximate surface area is 147 Å². The van der Waals surface area contributed by atoms with Crippen LogP contribution in [0, 0.1) is 0 Å². The van der Waals surface area contributed by atoms with Gasteiger partial charge in [0.15, 0.2) is 0 Å². The van der Waals surface area contributed by atoms with Gasteiger partial charge in [0.05, 0.1) is 0 Å². The molecule has 0 atom stereocenters. The van der Waals surface area contributed by atoms with Crippen molar-refractivity contribution in [1.29, 1.82) is 0 Å². The van der Waals surface area contributed by atoms with Gasteiger partial charge in [-0.1, -0.05) is 29.8 Å². The summed E-state index contributed by atoms with van der Waals surface area (Å²) in [6, 6.07) is 11.6. The Bertz CT molecular complexity index is 737. The van der Waals surface area contributed by atoms with E-state index in [1.54, 1.807) is 6.07 Å². The van der Waals surface area contributed by atoms with Crippen molar-refractivity contribution in [3.8, 4) is 0 Å². The van der Waals surface area contributed by atoms with E-state index < -0.39 is 10.0 Å². The average Bonchev–Trinajstić information content (AvgIpc) is 2.88. The van der Waals surface area contributed by atoms with Gasteiger partial charge >= 0.3 is 0 Å². The third-order valence-electron chi connectivity index (χ3n) is 3.58. The van der Waals surface area contributed by atoms with Crippen molar-refractivity contribution in [2.45, 2.75) is 4.21 Å². The SMILES string of the molecule is O=S(=O)(c1cc(Br)c(Cl)s1)N1CCN(c2ccccc2)CC1. The Morgan fingerprint density at radius 1 is 1.09 bits per heavy atom. The number of anilines is 1. The summed E-state index contributed by atoms with van der Waals surface area (Å²) in [5.41, 5.74) is 1.13. The van der Waals surface area contributed by atoms with Gasteiger partial charge in [-0.15, -0.1) is 11.3 Å². The highest BCUT2D eigenvalue weighted by atomic mass is 79.9. The van der Waals surface area contributed by atoms with Crippen LogP contribution in [0.5, 0.6) is 0 Å². The monoisotopic (exact) mass is 420 g/mol. The fraction of sp³-hybridized carbons (Fsp3) is 0.286. The maximum absolute atomic E-state index is 12.6. The molecule has 0 amide bonds. The number of piperazine rings is 1. The van der Waals surface area contributed by atoms with Crippen LogP contribution in [0.1, 0.15) is 0 Å². The Morgan fingerprint density at radius 2 is 1.73 bits per heavy atom. The lowest BCUT2D eigenvalue weighted by molar-refractivity contribution is 0.386. The third-order valence-corrected chi connectivity index (χ3v) is 8.40. The van der Waals surface area contributed by atoms with Crippen LogP contribution in [0.15, 0.2) is 45.1 Å². The largest absolute Gasteiger partial charge is 0.369 e. The van der Waals surface area contributed by atoms with Gasteiger partial charge in [0.2, 0.25) is 0 Å². The van der Waals surface area contributed by atoms with Gasteiger partial charge in [-0.3, -0.25) is 0 Å². The summed E-state index contributed by atoms with van der Waals surface area (Å²) in [7, 11) is -3.46. The van der Waals surface area contributed by atoms with Crippen LogP contribution in [-0.2, 0) is 10.0 Å². The molecule has 1 aliphatic heterocycles. The number of halogens is 2. The minimum Gasteiger partial charge on any atom is -0.369 e. The number of rotatable bonds is 3. The molecule has 2 heterocycles. The van der Waals surface area contributed by atoms with Gasteiger partial charge in [-0.05, 0) is 34.1 Å². The highest BCUT2D eigenvalue weighted by Crippen LogP contribution is 2.36. The number of sulfonamides is 1. The van der Waals surface area contributed by atoms with E-state index in [1.807, 2.05) is 30.3 Å². The Hall–Kier alpha value is -0.600. The first-order valence-electron chi connectivity index (χ1n) is 6.73. The lowest BCUT2D eigenvalue weighted by Crippen LogP contribution is -2.48. The zero-order valence-corrected chi connectivity index (χ0v) is 15.6. The quantitative estimate of drug-likeness (QED) is 0.759. The van der Waals surface area contributed by atoms with Gasteiger partial charge in [0.25, 0.3) is 10.0 Å². The molecule has 8 heteroatoms. The molecule has 0 radical (unpaired) electrons. The summed E-state index contributed by atoms with van der Waals surface area (Å²) in [6.45, 7) is 2.32. The first kappa shape index (κ1) is 16.3. The molecule has 4 nitrogen and oxygen atoms in total. The maximum atomic E-state index is 12.6. The normalized spacial score (nSPS) is 16.9. The molecule has 22 heavy (non-hydrogen) atoms. The summed E-state index contributed by atoms with van der Waals surface area (Å²) >= 11 is 10.3. The number of hydrogen-bond acceptors (Lipinski definition) is 4. The van der Waals surface area contributed by atoms with Crippen molar-refractivity contribution in [3.05, 3.63) is 45.2 Å². The van der Waals surface area contributed by atoms with E-state index in [9.17, 15) is 8.42 Å². The molecule has 0 N–H and O–H groups in total. The van der Waals surface area contributed by atoms with E-state index in [0.29, 0.717) is 35.0 Å². The second kappa shape index (κ2) is 6.49. The zero-order valence-electron chi connectivity index (χ0n) is 11.6. The maximum Gasteiger partial charge on any atom is 0.252 e. The molecule has 0 bridgehead atoms. The van der Waals surface area contributed by atoms with Crippen LogP contribution in [-0.4, -0.2) is 38.9 Å². The van der Waals surface area contributed by atoms with Gasteiger partial charge in [0.1, 0.15) is 8.55 Å². The highest BCUT2D eigenvalue weighted by Gasteiger charge is 2.30. The molecule has 0 unspecified atom stereocenters. The standard InChI is InChI=1S/C14H14BrClN2O2S2/c15-12-10-13(21-14(12)16)22(19,20)18-8-6-17(7-9-18)11-4-2-1-3-5-11/h1-5,10H,6-9H2. The van der Waals surface area contributed by atoms with Crippen molar-refractivity contribution < 1.29 is 8.42 Å². The Balaban J connectivity index is 1.73. The summed E-state index contributed by atoms with van der Waals surface area (Å²) in [4.78, 5) is 2.20. The zero-order chi connectivity index (χ0) is 15.7. The third kappa shape index (κ3) is 3.19. The van der Waals surface area contributed by atoms with Gasteiger partial charge in [-0.2, -0.15) is 4.31 Å². The molecule has 1 aromatic carbocycles. The fourth-order valence-corrected chi connectivity index (χ4v) is 6.29. The van der Waals surface area contributed by atoms with Crippen molar-refractivity contribution in [2.75, 3.05) is 31.1 Å². The highest BCUT2D eigenvalue weighted by molar-refractivity contribution is 9.10. The minimum atomic E-state index is -3.46. The van der Waals surface area contributed by atoms with Crippen LogP contribution in [0.4, 0.5) is 5.69 Å². The number of nitrogens with zero attached hydrogens (tertiary/aromatic N) is 2. The molecule has 1 aromatic heterocycles. The van der Waals surface area contributed by atoms with E-state index in [4.69, 9.17) is 11.6 Å². The predicted octanol–water partition coefficient (Wildman–Crippen LogP) is 3.67. The van der Waals surface area contributed by atoms with E-state index in [2.05, 4.69) is 20.8 Å². The summed E-state index contributed by atoms with van der Waals surface area (Å²) in [5, 5.41) is 0. The van der Waals surface area contributed by atoms with Gasteiger partial charge < -0.3 is 4.90 Å². The van der Waals surface area contributed by atoms with Gasteiger partial charge in [0, 0.05) is 36.3 Å². The van der Waals surface area contributed by atoms with Crippen molar-refractivity contribution in [2.24, 2.45) is 0 Å². The smallest absolute Gasteiger partial charge is 0.252 e. The van der Waals surface area contributed by atoms with Crippen LogP contribution < -0.4 is 4.90 Å². The van der Waals surface area contributed by atoms with Crippen LogP contribution in [0.25, 0.3) is 0 Å². The lowest BCUT2D eigenvalue weighted by Gasteiger charge is -2.35. The fourth-order valence-electron chi connectivity index (χ4n) is 2.41. The number of hydrogen-bond donors (Lipinski definition) is 0. The van der Waals surface area contributed by atoms with E-state index >= 15 is 0 Å². The molecular weight excluding hydrogens is 408 g/mol. The minimum absolute atomic E-state index is 0.289. The topological polar surface area (TPSA) is 40.6 Å². The predicted molar refractivity (Wildman–Crippen MR) is 94.4 cm³/mol. The number of para-hydroxylation sites is 1. The molecule has 0 spiro atoms. The van der Waals surface area contributed by atoms with Crippen LogP contribution >= 0.6 is 38.9 Å². The lowest BCUT2D eigenvalue weighted by atomic mass is 10.2.